The first kappa shape index (κ1) is 17.8. The second-order valence-corrected chi connectivity index (χ2v) is 6.91. The molecule has 5 aromatic rings. The standard InChI is InChI=1S/C21H16N6O3/c1-13-5-4-7-17-20(13)27(21(30)25(17)12-19(28)29)18-9-8-15(23-24-18)14-11-22-26-10-3-2-6-16(14)26/h2-11H,12H2,1H3,(H,28,29). The quantitative estimate of drug-likeness (QED) is 0.496. The summed E-state index contributed by atoms with van der Waals surface area (Å²) in [6.07, 6.45) is 3.56. The van der Waals surface area contributed by atoms with Crippen molar-refractivity contribution in [2.45, 2.75) is 13.5 Å². The number of aliphatic carboxylic acids is 1. The second kappa shape index (κ2) is 6.66. The summed E-state index contributed by atoms with van der Waals surface area (Å²) >= 11 is 0. The molecule has 0 spiro atoms. The van der Waals surface area contributed by atoms with Crippen LogP contribution in [0.25, 0.3) is 33.6 Å². The molecule has 148 valence electrons. The fourth-order valence-corrected chi connectivity index (χ4v) is 3.69. The number of pyridine rings is 1. The second-order valence-electron chi connectivity index (χ2n) is 6.91. The summed E-state index contributed by atoms with van der Waals surface area (Å²) in [7, 11) is 0. The smallest absolute Gasteiger partial charge is 0.335 e. The number of fused-ring (bicyclic) bond motifs is 2. The Balaban J connectivity index is 1.67. The Labute approximate surface area is 169 Å². The number of aromatic nitrogens is 6. The van der Waals surface area contributed by atoms with E-state index in [9.17, 15) is 14.7 Å². The first-order chi connectivity index (χ1) is 14.5. The summed E-state index contributed by atoms with van der Waals surface area (Å²) in [6, 6.07) is 14.6. The minimum atomic E-state index is -1.09. The van der Waals surface area contributed by atoms with Crippen LogP contribution in [0.5, 0.6) is 0 Å². The number of para-hydroxylation sites is 1. The van der Waals surface area contributed by atoms with Crippen LogP contribution in [0.4, 0.5) is 0 Å². The van der Waals surface area contributed by atoms with Gasteiger partial charge in [-0.25, -0.2) is 13.9 Å². The van der Waals surface area contributed by atoms with Gasteiger partial charge in [0, 0.05) is 11.8 Å². The maximum atomic E-state index is 13.0. The molecule has 1 aromatic carbocycles. The van der Waals surface area contributed by atoms with E-state index in [4.69, 9.17) is 0 Å². The van der Waals surface area contributed by atoms with E-state index in [1.165, 1.54) is 9.13 Å². The Morgan fingerprint density at radius 1 is 1.03 bits per heavy atom. The highest BCUT2D eigenvalue weighted by Gasteiger charge is 2.19. The van der Waals surface area contributed by atoms with Crippen LogP contribution < -0.4 is 5.69 Å². The molecule has 30 heavy (non-hydrogen) atoms. The Morgan fingerprint density at radius 2 is 1.87 bits per heavy atom. The van der Waals surface area contributed by atoms with Gasteiger partial charge in [0.1, 0.15) is 6.54 Å². The number of imidazole rings is 1. The van der Waals surface area contributed by atoms with E-state index in [-0.39, 0.29) is 0 Å². The van der Waals surface area contributed by atoms with Gasteiger partial charge in [-0.2, -0.15) is 5.10 Å². The van der Waals surface area contributed by atoms with Crippen LogP contribution in [0.3, 0.4) is 0 Å². The number of aryl methyl sites for hydroxylation is 1. The maximum Gasteiger partial charge on any atom is 0.335 e. The molecule has 0 fully saturated rings. The van der Waals surface area contributed by atoms with Gasteiger partial charge in [-0.15, -0.1) is 10.2 Å². The van der Waals surface area contributed by atoms with Crippen molar-refractivity contribution in [3.63, 3.8) is 0 Å². The Hall–Kier alpha value is -4.27. The molecular weight excluding hydrogens is 384 g/mol. The number of nitrogens with zero attached hydrogens (tertiary/aromatic N) is 6. The highest BCUT2D eigenvalue weighted by atomic mass is 16.4. The van der Waals surface area contributed by atoms with Crippen LogP contribution in [-0.2, 0) is 11.3 Å². The molecule has 9 nitrogen and oxygen atoms in total. The molecule has 9 heteroatoms. The molecule has 0 atom stereocenters. The molecule has 0 bridgehead atoms. The number of carboxylic acid groups (broad SMARTS) is 1. The van der Waals surface area contributed by atoms with Crippen LogP contribution in [0.15, 0.2) is 65.7 Å². The van der Waals surface area contributed by atoms with Gasteiger partial charge in [-0.3, -0.25) is 9.36 Å². The van der Waals surface area contributed by atoms with E-state index in [1.807, 2.05) is 37.4 Å². The molecule has 0 radical (unpaired) electrons. The number of carboxylic acids is 1. The van der Waals surface area contributed by atoms with E-state index < -0.39 is 18.2 Å². The number of hydrogen-bond donors (Lipinski definition) is 1. The van der Waals surface area contributed by atoms with Crippen molar-refractivity contribution in [2.24, 2.45) is 0 Å². The molecule has 0 aliphatic heterocycles. The fourth-order valence-electron chi connectivity index (χ4n) is 3.69. The lowest BCUT2D eigenvalue weighted by atomic mass is 10.2. The van der Waals surface area contributed by atoms with Crippen molar-refractivity contribution in [1.82, 2.24) is 28.9 Å². The first-order valence-corrected chi connectivity index (χ1v) is 9.24. The van der Waals surface area contributed by atoms with E-state index in [0.29, 0.717) is 22.5 Å². The number of carbonyl (C=O) groups is 1. The van der Waals surface area contributed by atoms with Crippen molar-refractivity contribution in [3.05, 3.63) is 77.0 Å². The van der Waals surface area contributed by atoms with Crippen molar-refractivity contribution < 1.29 is 9.90 Å². The predicted molar refractivity (Wildman–Crippen MR) is 110 cm³/mol. The minimum Gasteiger partial charge on any atom is -0.480 e. The van der Waals surface area contributed by atoms with Crippen LogP contribution in [0.2, 0.25) is 0 Å². The van der Waals surface area contributed by atoms with Crippen LogP contribution in [-0.4, -0.2) is 40.0 Å². The van der Waals surface area contributed by atoms with Gasteiger partial charge in [0.2, 0.25) is 0 Å². The first-order valence-electron chi connectivity index (χ1n) is 9.24. The highest BCUT2D eigenvalue weighted by Crippen LogP contribution is 2.24. The van der Waals surface area contributed by atoms with Crippen molar-refractivity contribution >= 4 is 22.5 Å². The van der Waals surface area contributed by atoms with Crippen LogP contribution in [0.1, 0.15) is 5.56 Å². The van der Waals surface area contributed by atoms with E-state index >= 15 is 0 Å². The normalized spacial score (nSPS) is 11.4. The monoisotopic (exact) mass is 400 g/mol. The molecule has 4 heterocycles. The summed E-state index contributed by atoms with van der Waals surface area (Å²) < 4.78 is 4.38. The Bertz CT molecular complexity index is 1480. The molecule has 5 rings (SSSR count). The topological polar surface area (TPSA) is 107 Å². The van der Waals surface area contributed by atoms with Gasteiger partial charge in [-0.05, 0) is 42.8 Å². The summed E-state index contributed by atoms with van der Waals surface area (Å²) in [4.78, 5) is 24.3. The zero-order valence-corrected chi connectivity index (χ0v) is 15.9. The molecule has 0 aliphatic carbocycles. The lowest BCUT2D eigenvalue weighted by Gasteiger charge is -2.05. The molecule has 0 unspecified atom stereocenters. The summed E-state index contributed by atoms with van der Waals surface area (Å²) in [6.45, 7) is 1.43. The number of rotatable bonds is 4. The number of benzene rings is 1. The molecule has 0 saturated carbocycles. The molecule has 0 saturated heterocycles. The van der Waals surface area contributed by atoms with Gasteiger partial charge in [-0.1, -0.05) is 18.2 Å². The van der Waals surface area contributed by atoms with Gasteiger partial charge in [0.05, 0.1) is 28.4 Å². The third-order valence-electron chi connectivity index (χ3n) is 5.03. The van der Waals surface area contributed by atoms with Crippen LogP contribution >= 0.6 is 0 Å². The molecular formula is C21H16N6O3. The van der Waals surface area contributed by atoms with Gasteiger partial charge in [0.15, 0.2) is 5.82 Å². The Kier molecular flexibility index (Phi) is 3.95. The summed E-state index contributed by atoms with van der Waals surface area (Å²) in [5, 5.41) is 22.1. The Morgan fingerprint density at radius 3 is 2.63 bits per heavy atom. The van der Waals surface area contributed by atoms with Crippen molar-refractivity contribution in [1.29, 1.82) is 0 Å². The lowest BCUT2D eigenvalue weighted by Crippen LogP contribution is -2.26. The van der Waals surface area contributed by atoms with Crippen molar-refractivity contribution in [3.8, 4) is 17.1 Å². The predicted octanol–water partition coefficient (Wildman–Crippen LogP) is 2.29. The van der Waals surface area contributed by atoms with Gasteiger partial charge < -0.3 is 5.11 Å². The zero-order chi connectivity index (χ0) is 20.8. The molecule has 1 N–H and O–H groups in total. The average molecular weight is 400 g/mol. The van der Waals surface area contributed by atoms with E-state index in [1.54, 1.807) is 35.0 Å². The third-order valence-corrected chi connectivity index (χ3v) is 5.03. The average Bonchev–Trinajstić information content (AvgIpc) is 3.29. The van der Waals surface area contributed by atoms with Gasteiger partial charge >= 0.3 is 11.7 Å². The SMILES string of the molecule is Cc1cccc2c1n(-c1ccc(-c3cnn4ccccc34)nn1)c(=O)n2CC(=O)O. The van der Waals surface area contributed by atoms with E-state index in [0.717, 1.165) is 16.6 Å². The fraction of sp³-hybridized carbons (Fsp3) is 0.0952. The molecule has 0 aliphatic rings. The summed E-state index contributed by atoms with van der Waals surface area (Å²) in [5.41, 5.74) is 3.86. The molecule has 4 aromatic heterocycles. The third kappa shape index (κ3) is 2.67. The molecule has 0 amide bonds. The zero-order valence-electron chi connectivity index (χ0n) is 15.9. The highest BCUT2D eigenvalue weighted by molar-refractivity contribution is 5.83. The maximum absolute atomic E-state index is 13.0. The van der Waals surface area contributed by atoms with Crippen molar-refractivity contribution in [2.75, 3.05) is 0 Å². The van der Waals surface area contributed by atoms with Crippen LogP contribution in [0, 0.1) is 6.92 Å². The number of hydrogen-bond acceptors (Lipinski definition) is 5. The lowest BCUT2D eigenvalue weighted by molar-refractivity contribution is -0.137. The minimum absolute atomic E-state index is 0.323. The van der Waals surface area contributed by atoms with E-state index in [2.05, 4.69) is 15.3 Å². The van der Waals surface area contributed by atoms with Gasteiger partial charge in [0.25, 0.3) is 0 Å². The largest absolute Gasteiger partial charge is 0.480 e. The summed E-state index contributed by atoms with van der Waals surface area (Å²) in [5.74, 6) is -0.768.